The zero-order valence-corrected chi connectivity index (χ0v) is 20.9. The van der Waals surface area contributed by atoms with Crippen molar-refractivity contribution in [2.45, 2.75) is 32.8 Å². The molecule has 0 fully saturated rings. The van der Waals surface area contributed by atoms with Gasteiger partial charge in [0.2, 0.25) is 0 Å². The first kappa shape index (κ1) is 24.3. The Labute approximate surface area is 210 Å². The van der Waals surface area contributed by atoms with Gasteiger partial charge in [0.1, 0.15) is 18.2 Å². The highest BCUT2D eigenvalue weighted by atomic mass is 79.9. The SMILES string of the molecule is CC[C@H](C)c1nc2ccc(Br)cc2c(=O)n1N=Cc1ccc(OCc2ccc(C(=O)O)cc2)cc1. The number of halogens is 1. The van der Waals surface area contributed by atoms with Gasteiger partial charge in [-0.1, -0.05) is 41.9 Å². The van der Waals surface area contributed by atoms with Crippen LogP contribution in [0.4, 0.5) is 0 Å². The third kappa shape index (κ3) is 5.66. The van der Waals surface area contributed by atoms with Gasteiger partial charge in [-0.3, -0.25) is 4.79 Å². The van der Waals surface area contributed by atoms with E-state index in [4.69, 9.17) is 14.8 Å². The van der Waals surface area contributed by atoms with E-state index in [0.29, 0.717) is 29.1 Å². The van der Waals surface area contributed by atoms with E-state index >= 15 is 0 Å². The largest absolute Gasteiger partial charge is 0.489 e. The van der Waals surface area contributed by atoms with Gasteiger partial charge in [-0.2, -0.15) is 9.78 Å². The standard InChI is InChI=1S/C27H24BrN3O4/c1-3-17(2)25-30-24-13-10-21(28)14-23(24)26(32)31(25)29-15-18-6-11-22(12-7-18)35-16-19-4-8-20(9-5-19)27(33)34/h4-15,17H,3,16H2,1-2H3,(H,33,34)/t17-/m0/s1. The molecule has 0 unspecified atom stereocenters. The van der Waals surface area contributed by atoms with Crippen molar-refractivity contribution >= 4 is 39.0 Å². The minimum atomic E-state index is -0.958. The fourth-order valence-electron chi connectivity index (χ4n) is 3.46. The molecule has 3 aromatic carbocycles. The highest BCUT2D eigenvalue weighted by Crippen LogP contribution is 2.21. The number of rotatable bonds is 8. The Hall–Kier alpha value is -3.78. The van der Waals surface area contributed by atoms with Crippen molar-refractivity contribution in [2.24, 2.45) is 5.10 Å². The zero-order valence-electron chi connectivity index (χ0n) is 19.3. The molecule has 0 aliphatic heterocycles. The van der Waals surface area contributed by atoms with Crippen molar-refractivity contribution in [3.8, 4) is 5.75 Å². The number of hydrogen-bond donors (Lipinski definition) is 1. The Kier molecular flexibility index (Phi) is 7.41. The number of ether oxygens (including phenoxy) is 1. The van der Waals surface area contributed by atoms with Gasteiger partial charge in [0.25, 0.3) is 5.56 Å². The van der Waals surface area contributed by atoms with Crippen LogP contribution in [0.2, 0.25) is 0 Å². The van der Waals surface area contributed by atoms with Crippen molar-refractivity contribution in [3.05, 3.63) is 104 Å². The molecular formula is C27H24BrN3O4. The van der Waals surface area contributed by atoms with Crippen LogP contribution in [0.25, 0.3) is 10.9 Å². The van der Waals surface area contributed by atoms with E-state index in [1.54, 1.807) is 36.5 Å². The molecule has 1 heterocycles. The van der Waals surface area contributed by atoms with E-state index in [1.165, 1.54) is 4.68 Å². The average molecular weight is 534 g/mol. The van der Waals surface area contributed by atoms with E-state index in [2.05, 4.69) is 28.0 Å². The number of aromatic nitrogens is 2. The molecule has 0 amide bonds. The number of benzene rings is 3. The van der Waals surface area contributed by atoms with Crippen LogP contribution < -0.4 is 10.3 Å². The third-order valence-electron chi connectivity index (χ3n) is 5.70. The molecule has 0 radical (unpaired) electrons. The molecule has 1 atom stereocenters. The molecule has 0 saturated carbocycles. The minimum absolute atomic E-state index is 0.0632. The number of carbonyl (C=O) groups is 1. The summed E-state index contributed by atoms with van der Waals surface area (Å²) in [5.74, 6) is 0.394. The van der Waals surface area contributed by atoms with Gasteiger partial charge >= 0.3 is 5.97 Å². The Bertz CT molecular complexity index is 1440. The maximum absolute atomic E-state index is 13.2. The number of hydrogen-bond acceptors (Lipinski definition) is 5. The molecule has 0 aliphatic carbocycles. The van der Waals surface area contributed by atoms with Gasteiger partial charge in [-0.05, 0) is 72.1 Å². The van der Waals surface area contributed by atoms with Crippen LogP contribution in [0.15, 0.2) is 81.1 Å². The van der Waals surface area contributed by atoms with Crippen LogP contribution in [-0.2, 0) is 6.61 Å². The van der Waals surface area contributed by atoms with Gasteiger partial charge in [0, 0.05) is 10.4 Å². The maximum atomic E-state index is 13.2. The number of fused-ring (bicyclic) bond motifs is 1. The summed E-state index contributed by atoms with van der Waals surface area (Å²) in [6, 6.07) is 19.4. The summed E-state index contributed by atoms with van der Waals surface area (Å²) in [7, 11) is 0. The Morgan fingerprint density at radius 1 is 1.14 bits per heavy atom. The van der Waals surface area contributed by atoms with Crippen LogP contribution in [0.5, 0.6) is 5.75 Å². The predicted molar refractivity (Wildman–Crippen MR) is 140 cm³/mol. The maximum Gasteiger partial charge on any atom is 0.335 e. The fraction of sp³-hybridized carbons (Fsp3) is 0.185. The number of carboxylic acid groups (broad SMARTS) is 1. The van der Waals surface area contributed by atoms with Crippen LogP contribution in [0, 0.1) is 0 Å². The van der Waals surface area contributed by atoms with Gasteiger partial charge in [0.15, 0.2) is 0 Å². The van der Waals surface area contributed by atoms with Crippen molar-refractivity contribution in [1.29, 1.82) is 0 Å². The van der Waals surface area contributed by atoms with E-state index in [-0.39, 0.29) is 17.0 Å². The second kappa shape index (κ2) is 10.7. The second-order valence-electron chi connectivity index (χ2n) is 8.16. The molecule has 4 aromatic rings. The van der Waals surface area contributed by atoms with Gasteiger partial charge < -0.3 is 9.84 Å². The van der Waals surface area contributed by atoms with Gasteiger partial charge in [-0.15, -0.1) is 0 Å². The molecule has 4 rings (SSSR count). The first-order chi connectivity index (χ1) is 16.9. The predicted octanol–water partition coefficient (Wildman–Crippen LogP) is 5.83. The van der Waals surface area contributed by atoms with Crippen LogP contribution in [0.1, 0.15) is 53.5 Å². The molecule has 7 nitrogen and oxygen atoms in total. The quantitative estimate of drug-likeness (QED) is 0.287. The summed E-state index contributed by atoms with van der Waals surface area (Å²) in [6.07, 6.45) is 2.46. The lowest BCUT2D eigenvalue weighted by molar-refractivity contribution is 0.0697. The number of nitrogens with zero attached hydrogens (tertiary/aromatic N) is 3. The smallest absolute Gasteiger partial charge is 0.335 e. The molecule has 0 bridgehead atoms. The average Bonchev–Trinajstić information content (AvgIpc) is 2.87. The molecule has 0 aliphatic rings. The highest BCUT2D eigenvalue weighted by molar-refractivity contribution is 9.10. The van der Waals surface area contributed by atoms with Gasteiger partial charge in [-0.25, -0.2) is 9.78 Å². The van der Waals surface area contributed by atoms with Crippen LogP contribution in [0.3, 0.4) is 0 Å². The van der Waals surface area contributed by atoms with E-state index < -0.39 is 5.97 Å². The molecule has 35 heavy (non-hydrogen) atoms. The van der Waals surface area contributed by atoms with E-state index in [1.807, 2.05) is 43.3 Å². The highest BCUT2D eigenvalue weighted by Gasteiger charge is 2.15. The normalized spacial score (nSPS) is 12.2. The molecular weight excluding hydrogens is 510 g/mol. The molecule has 1 aromatic heterocycles. The molecule has 1 N–H and O–H groups in total. The summed E-state index contributed by atoms with van der Waals surface area (Å²) in [4.78, 5) is 28.9. The topological polar surface area (TPSA) is 93.8 Å². The molecule has 0 spiro atoms. The zero-order chi connectivity index (χ0) is 24.9. The lowest BCUT2D eigenvalue weighted by Crippen LogP contribution is -2.23. The van der Waals surface area contributed by atoms with Crippen LogP contribution in [-0.4, -0.2) is 27.0 Å². The van der Waals surface area contributed by atoms with Crippen molar-refractivity contribution in [3.63, 3.8) is 0 Å². The first-order valence-corrected chi connectivity index (χ1v) is 12.0. The monoisotopic (exact) mass is 533 g/mol. The Morgan fingerprint density at radius 2 is 1.86 bits per heavy atom. The Morgan fingerprint density at radius 3 is 2.51 bits per heavy atom. The molecule has 178 valence electrons. The number of carboxylic acids is 1. The van der Waals surface area contributed by atoms with Crippen LogP contribution >= 0.6 is 15.9 Å². The first-order valence-electron chi connectivity index (χ1n) is 11.2. The molecule has 8 heteroatoms. The van der Waals surface area contributed by atoms with Crippen molar-refractivity contribution in [1.82, 2.24) is 9.66 Å². The summed E-state index contributed by atoms with van der Waals surface area (Å²) >= 11 is 3.42. The van der Waals surface area contributed by atoms with Crippen molar-refractivity contribution < 1.29 is 14.6 Å². The summed E-state index contributed by atoms with van der Waals surface area (Å²) in [6.45, 7) is 4.40. The van der Waals surface area contributed by atoms with E-state index in [0.717, 1.165) is 22.0 Å². The summed E-state index contributed by atoms with van der Waals surface area (Å²) in [5, 5.41) is 14.0. The summed E-state index contributed by atoms with van der Waals surface area (Å²) in [5.41, 5.74) is 2.35. The molecule has 0 saturated heterocycles. The third-order valence-corrected chi connectivity index (χ3v) is 6.19. The summed E-state index contributed by atoms with van der Waals surface area (Å²) < 4.78 is 7.98. The Balaban J connectivity index is 1.53. The lowest BCUT2D eigenvalue weighted by atomic mass is 10.1. The lowest BCUT2D eigenvalue weighted by Gasteiger charge is -2.14. The number of aromatic carboxylic acids is 1. The fourth-order valence-corrected chi connectivity index (χ4v) is 3.82. The minimum Gasteiger partial charge on any atom is -0.489 e. The van der Waals surface area contributed by atoms with E-state index in [9.17, 15) is 9.59 Å². The second-order valence-corrected chi connectivity index (χ2v) is 9.08. The van der Waals surface area contributed by atoms with Gasteiger partial charge in [0.05, 0.1) is 22.7 Å². The van der Waals surface area contributed by atoms with Crippen molar-refractivity contribution in [2.75, 3.05) is 0 Å².